The van der Waals surface area contributed by atoms with Gasteiger partial charge in [-0.2, -0.15) is 0 Å². The molecule has 0 radical (unpaired) electrons. The second kappa shape index (κ2) is 9.26. The first kappa shape index (κ1) is 21.0. The lowest BCUT2D eigenvalue weighted by molar-refractivity contribution is -0.142. The number of carbonyl (C=O) groups is 2. The fourth-order valence-electron chi connectivity index (χ4n) is 4.74. The Morgan fingerprint density at radius 1 is 1.27 bits per heavy atom. The Morgan fingerprint density at radius 3 is 2.77 bits per heavy atom. The molecule has 0 spiro atoms. The predicted molar refractivity (Wildman–Crippen MR) is 117 cm³/mol. The van der Waals surface area contributed by atoms with Crippen molar-refractivity contribution in [1.29, 1.82) is 0 Å². The van der Waals surface area contributed by atoms with Crippen molar-refractivity contribution in [1.82, 2.24) is 20.1 Å². The van der Waals surface area contributed by atoms with E-state index >= 15 is 0 Å². The molecule has 3 heterocycles. The van der Waals surface area contributed by atoms with Crippen LogP contribution in [0.15, 0.2) is 24.4 Å². The summed E-state index contributed by atoms with van der Waals surface area (Å²) >= 11 is 5.41. The van der Waals surface area contributed by atoms with Crippen molar-refractivity contribution in [2.24, 2.45) is 11.8 Å². The number of pyridine rings is 1. The fourth-order valence-corrected chi connectivity index (χ4v) is 5.07. The van der Waals surface area contributed by atoms with Gasteiger partial charge in [0.25, 0.3) is 0 Å². The summed E-state index contributed by atoms with van der Waals surface area (Å²) in [6, 6.07) is 5.84. The standard InChI is InChI=1S/C21H29N5O3S/c1-29-13-12-26-20(28)16-6-5-15(14-17(16)23-21(26)30)19(27)25-10-8-24(9-11-25)18-4-2-3-7-22-18/h2-4,7,15-17H,5-6,8-14H2,1H3,(H,23,30). The summed E-state index contributed by atoms with van der Waals surface area (Å²) in [5, 5.41) is 3.77. The molecule has 1 aromatic heterocycles. The summed E-state index contributed by atoms with van der Waals surface area (Å²) in [7, 11) is 1.61. The molecule has 3 fully saturated rings. The second-order valence-corrected chi connectivity index (χ2v) is 8.54. The molecule has 8 nitrogen and oxygen atoms in total. The van der Waals surface area contributed by atoms with E-state index < -0.39 is 0 Å². The zero-order valence-corrected chi connectivity index (χ0v) is 18.1. The molecule has 9 heteroatoms. The predicted octanol–water partition coefficient (Wildman–Crippen LogP) is 0.878. The zero-order chi connectivity index (χ0) is 21.1. The van der Waals surface area contributed by atoms with Crippen LogP contribution in [0.2, 0.25) is 0 Å². The molecule has 30 heavy (non-hydrogen) atoms. The van der Waals surface area contributed by atoms with E-state index in [9.17, 15) is 9.59 Å². The number of hydrogen-bond donors (Lipinski definition) is 1. The molecule has 162 valence electrons. The van der Waals surface area contributed by atoms with Gasteiger partial charge in [-0.1, -0.05) is 6.07 Å². The molecular weight excluding hydrogens is 402 g/mol. The van der Waals surface area contributed by atoms with E-state index in [4.69, 9.17) is 17.0 Å². The third kappa shape index (κ3) is 4.27. The van der Waals surface area contributed by atoms with E-state index in [1.54, 1.807) is 18.2 Å². The minimum absolute atomic E-state index is 0.0543. The summed E-state index contributed by atoms with van der Waals surface area (Å²) in [6.07, 6.45) is 3.92. The molecule has 3 atom stereocenters. The van der Waals surface area contributed by atoms with Gasteiger partial charge in [-0.25, -0.2) is 4.98 Å². The number of aromatic nitrogens is 1. The molecule has 2 aliphatic heterocycles. The molecule has 2 amide bonds. The highest BCUT2D eigenvalue weighted by molar-refractivity contribution is 7.80. The Bertz CT molecular complexity index is 784. The second-order valence-electron chi connectivity index (χ2n) is 8.16. The number of methoxy groups -OCH3 is 1. The van der Waals surface area contributed by atoms with Crippen LogP contribution in [0, 0.1) is 11.8 Å². The van der Waals surface area contributed by atoms with Crippen LogP contribution in [0.25, 0.3) is 0 Å². The van der Waals surface area contributed by atoms with Gasteiger partial charge in [-0.15, -0.1) is 0 Å². The highest BCUT2D eigenvalue weighted by Gasteiger charge is 2.44. The van der Waals surface area contributed by atoms with E-state index in [2.05, 4.69) is 15.2 Å². The van der Waals surface area contributed by atoms with Crippen LogP contribution in [0.1, 0.15) is 19.3 Å². The molecule has 1 aromatic rings. The molecule has 1 saturated carbocycles. The number of ether oxygens (including phenoxy) is 1. The number of piperazine rings is 1. The maximum atomic E-state index is 13.2. The number of amides is 2. The minimum atomic E-state index is -0.112. The summed E-state index contributed by atoms with van der Waals surface area (Å²) in [6.45, 7) is 3.91. The minimum Gasteiger partial charge on any atom is -0.383 e. The van der Waals surface area contributed by atoms with Crippen molar-refractivity contribution >= 4 is 35.0 Å². The first-order chi connectivity index (χ1) is 14.6. The van der Waals surface area contributed by atoms with Crippen molar-refractivity contribution in [3.05, 3.63) is 24.4 Å². The summed E-state index contributed by atoms with van der Waals surface area (Å²) in [4.78, 5) is 36.2. The summed E-state index contributed by atoms with van der Waals surface area (Å²) in [5.74, 6) is 1.06. The molecule has 1 N–H and O–H groups in total. The zero-order valence-electron chi connectivity index (χ0n) is 17.3. The fraction of sp³-hybridized carbons (Fsp3) is 0.619. The Balaban J connectivity index is 1.32. The normalized spacial score (nSPS) is 27.0. The van der Waals surface area contributed by atoms with Crippen LogP contribution < -0.4 is 10.2 Å². The molecule has 1 aliphatic carbocycles. The summed E-state index contributed by atoms with van der Waals surface area (Å²) in [5.41, 5.74) is 0. The number of anilines is 1. The molecule has 4 rings (SSSR count). The SMILES string of the molecule is COCCN1C(=O)C2CCC(C(=O)N3CCN(c4ccccn4)CC3)CC2NC1=S. The van der Waals surface area contributed by atoms with Gasteiger partial charge in [0.05, 0.1) is 19.1 Å². The van der Waals surface area contributed by atoms with Crippen molar-refractivity contribution in [3.8, 4) is 0 Å². The first-order valence-corrected chi connectivity index (χ1v) is 11.0. The van der Waals surface area contributed by atoms with Crippen molar-refractivity contribution in [3.63, 3.8) is 0 Å². The average Bonchev–Trinajstić information content (AvgIpc) is 2.79. The van der Waals surface area contributed by atoms with Gasteiger partial charge in [-0.05, 0) is 43.6 Å². The maximum absolute atomic E-state index is 13.2. The Morgan fingerprint density at radius 2 is 2.07 bits per heavy atom. The van der Waals surface area contributed by atoms with Crippen molar-refractivity contribution in [2.75, 3.05) is 51.3 Å². The van der Waals surface area contributed by atoms with Gasteiger partial charge in [0.2, 0.25) is 11.8 Å². The number of nitrogens with zero attached hydrogens (tertiary/aromatic N) is 4. The van der Waals surface area contributed by atoms with Gasteiger partial charge >= 0.3 is 0 Å². The Labute approximate surface area is 182 Å². The molecule has 0 bridgehead atoms. The molecule has 2 saturated heterocycles. The van der Waals surface area contributed by atoms with Crippen LogP contribution in [0.3, 0.4) is 0 Å². The van der Waals surface area contributed by atoms with Gasteiger partial charge in [-0.3, -0.25) is 14.5 Å². The van der Waals surface area contributed by atoms with Crippen LogP contribution in [-0.2, 0) is 14.3 Å². The van der Waals surface area contributed by atoms with Crippen molar-refractivity contribution < 1.29 is 14.3 Å². The number of fused-ring (bicyclic) bond motifs is 1. The van der Waals surface area contributed by atoms with Crippen LogP contribution in [0.4, 0.5) is 5.82 Å². The Hall–Kier alpha value is -2.26. The quantitative estimate of drug-likeness (QED) is 0.694. The molecule has 3 unspecified atom stereocenters. The van der Waals surface area contributed by atoms with Crippen LogP contribution in [-0.4, -0.2) is 84.2 Å². The average molecular weight is 432 g/mol. The highest BCUT2D eigenvalue weighted by Crippen LogP contribution is 2.34. The molecule has 3 aliphatic rings. The summed E-state index contributed by atoms with van der Waals surface area (Å²) < 4.78 is 5.09. The van der Waals surface area contributed by atoms with Crippen molar-refractivity contribution in [2.45, 2.75) is 25.3 Å². The number of rotatable bonds is 5. The van der Waals surface area contributed by atoms with E-state index in [0.717, 1.165) is 25.3 Å². The monoisotopic (exact) mass is 431 g/mol. The number of hydrogen-bond acceptors (Lipinski definition) is 6. The van der Waals surface area contributed by atoms with Gasteiger partial charge in [0, 0.05) is 51.4 Å². The van der Waals surface area contributed by atoms with E-state index in [1.165, 1.54) is 0 Å². The van der Waals surface area contributed by atoms with Gasteiger partial charge < -0.3 is 19.9 Å². The van der Waals surface area contributed by atoms with Crippen LogP contribution >= 0.6 is 12.2 Å². The lowest BCUT2D eigenvalue weighted by atomic mass is 9.76. The van der Waals surface area contributed by atoms with Gasteiger partial charge in [0.15, 0.2) is 5.11 Å². The van der Waals surface area contributed by atoms with Crippen LogP contribution in [0.5, 0.6) is 0 Å². The van der Waals surface area contributed by atoms with E-state index in [0.29, 0.717) is 44.2 Å². The largest absolute Gasteiger partial charge is 0.383 e. The molecule has 0 aromatic carbocycles. The third-order valence-corrected chi connectivity index (χ3v) is 6.76. The number of carbonyl (C=O) groups excluding carboxylic acids is 2. The van der Waals surface area contributed by atoms with E-state index in [-0.39, 0.29) is 29.7 Å². The first-order valence-electron chi connectivity index (χ1n) is 10.6. The van der Waals surface area contributed by atoms with E-state index in [1.807, 2.05) is 23.1 Å². The smallest absolute Gasteiger partial charge is 0.233 e. The topological polar surface area (TPSA) is 78.0 Å². The third-order valence-electron chi connectivity index (χ3n) is 6.42. The number of thiocarbonyl (C=S) groups is 1. The molecular formula is C21H29N5O3S. The number of nitrogens with one attached hydrogen (secondary N) is 1. The lowest BCUT2D eigenvalue weighted by Crippen LogP contribution is -2.62. The lowest BCUT2D eigenvalue weighted by Gasteiger charge is -2.44. The van der Waals surface area contributed by atoms with Gasteiger partial charge in [0.1, 0.15) is 5.82 Å². The highest BCUT2D eigenvalue weighted by atomic mass is 32.1. The maximum Gasteiger partial charge on any atom is 0.233 e. The Kier molecular flexibility index (Phi) is 6.48.